The van der Waals surface area contributed by atoms with Crippen LogP contribution in [-0.2, 0) is 23.4 Å². The Labute approximate surface area is 244 Å². The first-order valence-electron chi connectivity index (χ1n) is 13.2. The van der Waals surface area contributed by atoms with Crippen molar-refractivity contribution in [3.8, 4) is 0 Å². The van der Waals surface area contributed by atoms with E-state index in [0.717, 1.165) is 35.0 Å². The van der Waals surface area contributed by atoms with E-state index in [0.29, 0.717) is 11.6 Å². The lowest BCUT2D eigenvalue weighted by Gasteiger charge is -2.15. The van der Waals surface area contributed by atoms with Crippen molar-refractivity contribution in [1.82, 2.24) is 34.5 Å². The molecule has 0 aliphatic carbocycles. The van der Waals surface area contributed by atoms with Gasteiger partial charge in [0.15, 0.2) is 15.6 Å². The Morgan fingerprint density at radius 2 is 1.93 bits per heavy atom. The summed E-state index contributed by atoms with van der Waals surface area (Å²) in [6, 6.07) is 9.07. The van der Waals surface area contributed by atoms with Crippen molar-refractivity contribution in [3.63, 3.8) is 0 Å². The Morgan fingerprint density at radius 1 is 1.21 bits per heavy atom. The van der Waals surface area contributed by atoms with Crippen molar-refractivity contribution in [2.75, 3.05) is 38.3 Å². The van der Waals surface area contributed by atoms with Gasteiger partial charge >= 0.3 is 6.18 Å². The molecule has 4 aromatic rings. The Bertz CT molecular complexity index is 1850. The van der Waals surface area contributed by atoms with E-state index < -0.39 is 44.7 Å². The minimum Gasteiger partial charge on any atom is -0.345 e. The number of anilines is 2. The van der Waals surface area contributed by atoms with Gasteiger partial charge in [-0.2, -0.15) is 23.3 Å². The van der Waals surface area contributed by atoms with Crippen LogP contribution in [0.4, 0.5) is 24.8 Å². The van der Waals surface area contributed by atoms with Crippen molar-refractivity contribution >= 4 is 38.4 Å². The highest BCUT2D eigenvalue weighted by Gasteiger charge is 2.38. The number of aromatic nitrogens is 5. The smallest absolute Gasteiger partial charge is 0.345 e. The SMILES string of the molecule is CN(C)C(=O)c1cc2cnc(Nc3ccc(C4CCNC4)cc3)nc2n(Cc2nn(C)cc2S(=O)(=O)CC(F)(F)F)c1=O. The molecular formula is C27H29F3N8O4S. The molecule has 1 unspecified atom stereocenters. The highest BCUT2D eigenvalue weighted by Crippen LogP contribution is 2.27. The molecule has 1 aromatic carbocycles. The summed E-state index contributed by atoms with van der Waals surface area (Å²) >= 11 is 0. The Kier molecular flexibility index (Phi) is 8.00. The first-order valence-corrected chi connectivity index (χ1v) is 14.9. The van der Waals surface area contributed by atoms with Crippen LogP contribution in [0.5, 0.6) is 0 Å². The highest BCUT2D eigenvalue weighted by molar-refractivity contribution is 7.91. The minimum absolute atomic E-state index is 0.0243. The molecule has 4 heterocycles. The number of sulfone groups is 1. The third-order valence-electron chi connectivity index (χ3n) is 7.03. The van der Waals surface area contributed by atoms with E-state index >= 15 is 0 Å². The fraction of sp³-hybridized carbons (Fsp3) is 0.370. The van der Waals surface area contributed by atoms with Gasteiger partial charge in [0.25, 0.3) is 11.5 Å². The van der Waals surface area contributed by atoms with Gasteiger partial charge in [-0.25, -0.2) is 13.4 Å². The molecule has 16 heteroatoms. The molecular weight excluding hydrogens is 589 g/mol. The molecule has 0 radical (unpaired) electrons. The summed E-state index contributed by atoms with van der Waals surface area (Å²) in [6.45, 7) is 1.30. The zero-order chi connectivity index (χ0) is 31.1. The molecule has 1 fully saturated rings. The molecule has 1 saturated heterocycles. The monoisotopic (exact) mass is 618 g/mol. The average Bonchev–Trinajstić information content (AvgIpc) is 3.59. The number of hydrogen-bond acceptors (Lipinski definition) is 9. The van der Waals surface area contributed by atoms with Gasteiger partial charge in [-0.1, -0.05) is 12.1 Å². The van der Waals surface area contributed by atoms with Crippen molar-refractivity contribution in [1.29, 1.82) is 0 Å². The van der Waals surface area contributed by atoms with Crippen LogP contribution in [0.15, 0.2) is 52.4 Å². The van der Waals surface area contributed by atoms with Crippen LogP contribution in [0.2, 0.25) is 0 Å². The third kappa shape index (κ3) is 6.54. The number of alkyl halides is 3. The van der Waals surface area contributed by atoms with Crippen LogP contribution in [-0.4, -0.2) is 82.7 Å². The summed E-state index contributed by atoms with van der Waals surface area (Å²) in [5.74, 6) is -2.20. The maximum absolute atomic E-state index is 13.6. The molecule has 1 aliphatic rings. The number of aryl methyl sites for hydroxylation is 1. The van der Waals surface area contributed by atoms with Crippen LogP contribution in [0.3, 0.4) is 0 Å². The van der Waals surface area contributed by atoms with Crippen LogP contribution < -0.4 is 16.2 Å². The standard InChI is InChI=1S/C27H29F3N8O4S/c1-36(2)24(39)20-10-18-12-32-26(33-19-6-4-16(5-7-19)17-8-9-31-11-17)34-23(18)38(25(20)40)13-21-22(14-37(3)35-21)43(41,42)15-27(28,29)30/h4-7,10,12,14,17,31H,8-9,11,13,15H2,1-3H3,(H,32,33,34). The maximum atomic E-state index is 13.6. The minimum atomic E-state index is -4.99. The Hall–Kier alpha value is -4.31. The zero-order valence-corrected chi connectivity index (χ0v) is 24.3. The summed E-state index contributed by atoms with van der Waals surface area (Å²) in [6.07, 6.45) is -1.60. The Morgan fingerprint density at radius 3 is 2.56 bits per heavy atom. The van der Waals surface area contributed by atoms with Crippen molar-refractivity contribution in [2.24, 2.45) is 7.05 Å². The van der Waals surface area contributed by atoms with Crippen molar-refractivity contribution < 1.29 is 26.4 Å². The van der Waals surface area contributed by atoms with Crippen LogP contribution >= 0.6 is 0 Å². The predicted molar refractivity (Wildman–Crippen MR) is 152 cm³/mol. The molecule has 0 bridgehead atoms. The van der Waals surface area contributed by atoms with Crippen LogP contribution in [0.1, 0.15) is 34.0 Å². The molecule has 2 N–H and O–H groups in total. The second-order valence-corrected chi connectivity index (χ2v) is 12.5. The second kappa shape index (κ2) is 11.4. The molecule has 43 heavy (non-hydrogen) atoms. The second-order valence-electron chi connectivity index (χ2n) is 10.5. The lowest BCUT2D eigenvalue weighted by Crippen LogP contribution is -2.33. The Balaban J connectivity index is 1.58. The number of rotatable bonds is 8. The number of pyridine rings is 1. The molecule has 3 aromatic heterocycles. The van der Waals surface area contributed by atoms with Crippen molar-refractivity contribution in [3.05, 3.63) is 69.9 Å². The molecule has 1 aliphatic heterocycles. The zero-order valence-electron chi connectivity index (χ0n) is 23.5. The number of fused-ring (bicyclic) bond motifs is 1. The topological polar surface area (TPSA) is 144 Å². The van der Waals surface area contributed by atoms with Gasteiger partial charge in [0, 0.05) is 51.2 Å². The van der Waals surface area contributed by atoms with E-state index in [9.17, 15) is 31.2 Å². The number of halogens is 3. The van der Waals surface area contributed by atoms with E-state index in [1.165, 1.54) is 43.9 Å². The average molecular weight is 619 g/mol. The number of carbonyl (C=O) groups is 1. The number of amides is 1. The summed E-state index contributed by atoms with van der Waals surface area (Å²) in [7, 11) is -0.605. The quantitative estimate of drug-likeness (QED) is 0.304. The molecule has 5 rings (SSSR count). The summed E-state index contributed by atoms with van der Waals surface area (Å²) in [5.41, 5.74) is 0.497. The third-order valence-corrected chi connectivity index (χ3v) is 8.74. The maximum Gasteiger partial charge on any atom is 0.403 e. The van der Waals surface area contributed by atoms with Gasteiger partial charge in [-0.05, 0) is 42.6 Å². The molecule has 228 valence electrons. The predicted octanol–water partition coefficient (Wildman–Crippen LogP) is 2.43. The normalized spacial score (nSPS) is 15.6. The van der Waals surface area contributed by atoms with Crippen molar-refractivity contribution in [2.45, 2.75) is 30.0 Å². The van der Waals surface area contributed by atoms with Crippen LogP contribution in [0, 0.1) is 0 Å². The molecule has 0 spiro atoms. The van der Waals surface area contributed by atoms with Gasteiger partial charge in [-0.15, -0.1) is 0 Å². The van der Waals surface area contributed by atoms with Gasteiger partial charge < -0.3 is 15.5 Å². The van der Waals surface area contributed by atoms with E-state index in [1.807, 2.05) is 24.3 Å². The first-order chi connectivity index (χ1) is 20.2. The molecule has 0 saturated carbocycles. The number of hydrogen-bond donors (Lipinski definition) is 2. The lowest BCUT2D eigenvalue weighted by molar-refractivity contribution is -0.106. The van der Waals surface area contributed by atoms with Gasteiger partial charge in [0.2, 0.25) is 5.95 Å². The van der Waals surface area contributed by atoms with Gasteiger partial charge in [-0.3, -0.25) is 18.8 Å². The van der Waals surface area contributed by atoms with E-state index in [2.05, 4.69) is 25.7 Å². The van der Waals surface area contributed by atoms with E-state index in [1.54, 1.807) is 0 Å². The fourth-order valence-electron chi connectivity index (χ4n) is 4.99. The highest BCUT2D eigenvalue weighted by atomic mass is 32.2. The molecule has 12 nitrogen and oxygen atoms in total. The number of nitrogens with one attached hydrogen (secondary N) is 2. The van der Waals surface area contributed by atoms with Gasteiger partial charge in [0.05, 0.1) is 6.54 Å². The summed E-state index contributed by atoms with van der Waals surface area (Å²) in [5, 5.41) is 10.7. The first kappa shape index (κ1) is 30.2. The molecule has 1 amide bonds. The van der Waals surface area contributed by atoms with Gasteiger partial charge in [0.1, 0.15) is 21.8 Å². The summed E-state index contributed by atoms with van der Waals surface area (Å²) < 4.78 is 66.7. The molecule has 1 atom stereocenters. The van der Waals surface area contributed by atoms with E-state index in [-0.39, 0.29) is 28.2 Å². The number of carbonyl (C=O) groups excluding carboxylic acids is 1. The summed E-state index contributed by atoms with van der Waals surface area (Å²) in [4.78, 5) is 35.8. The lowest BCUT2D eigenvalue weighted by atomic mass is 9.98. The fourth-order valence-corrected chi connectivity index (χ4v) is 6.36. The number of nitrogens with zero attached hydrogens (tertiary/aromatic N) is 6. The largest absolute Gasteiger partial charge is 0.403 e. The number of benzene rings is 1. The van der Waals surface area contributed by atoms with E-state index in [4.69, 9.17) is 0 Å². The van der Waals surface area contributed by atoms with Crippen LogP contribution in [0.25, 0.3) is 11.0 Å².